The number of rotatable bonds is 2. The predicted octanol–water partition coefficient (Wildman–Crippen LogP) is 1.12. The van der Waals surface area contributed by atoms with E-state index in [4.69, 9.17) is 4.74 Å². The second kappa shape index (κ2) is 5.12. The van der Waals surface area contributed by atoms with Gasteiger partial charge in [0.1, 0.15) is 5.60 Å². The highest BCUT2D eigenvalue weighted by Crippen LogP contribution is 2.07. The van der Waals surface area contributed by atoms with Gasteiger partial charge in [0.2, 0.25) is 5.43 Å². The second-order valence-electron chi connectivity index (χ2n) is 4.98. The molecule has 1 rings (SSSR count). The SMILES string of the molecule is Cn1cc(O)c(=O)cc1CNC(=O)OC(C)(C)C. The number of amides is 1. The average molecular weight is 254 g/mol. The summed E-state index contributed by atoms with van der Waals surface area (Å²) in [4.78, 5) is 22.7. The summed E-state index contributed by atoms with van der Waals surface area (Å²) in [5, 5.41) is 11.7. The Morgan fingerprint density at radius 1 is 1.50 bits per heavy atom. The average Bonchev–Trinajstić information content (AvgIpc) is 2.19. The highest BCUT2D eigenvalue weighted by Gasteiger charge is 2.16. The molecule has 0 fully saturated rings. The van der Waals surface area contributed by atoms with Crippen LogP contribution in [-0.2, 0) is 18.3 Å². The molecule has 1 aromatic heterocycles. The van der Waals surface area contributed by atoms with Crippen molar-refractivity contribution in [1.82, 2.24) is 9.88 Å². The predicted molar refractivity (Wildman–Crippen MR) is 66.4 cm³/mol. The third kappa shape index (κ3) is 4.12. The summed E-state index contributed by atoms with van der Waals surface area (Å²) < 4.78 is 6.63. The van der Waals surface area contributed by atoms with Gasteiger partial charge in [-0.15, -0.1) is 0 Å². The minimum Gasteiger partial charge on any atom is -0.503 e. The van der Waals surface area contributed by atoms with Crippen molar-refractivity contribution in [3.63, 3.8) is 0 Å². The Morgan fingerprint density at radius 3 is 2.67 bits per heavy atom. The molecule has 0 aliphatic carbocycles. The van der Waals surface area contributed by atoms with E-state index in [1.54, 1.807) is 32.4 Å². The number of aromatic nitrogens is 1. The fourth-order valence-electron chi connectivity index (χ4n) is 1.31. The van der Waals surface area contributed by atoms with Gasteiger partial charge in [-0.2, -0.15) is 0 Å². The molecule has 6 nitrogen and oxygen atoms in total. The summed E-state index contributed by atoms with van der Waals surface area (Å²) in [5.74, 6) is -0.321. The molecule has 0 saturated carbocycles. The molecule has 0 saturated heterocycles. The number of pyridine rings is 1. The molecule has 0 aliphatic heterocycles. The van der Waals surface area contributed by atoms with E-state index in [9.17, 15) is 14.7 Å². The van der Waals surface area contributed by atoms with Crippen LogP contribution in [0.2, 0.25) is 0 Å². The molecule has 0 atom stereocenters. The maximum Gasteiger partial charge on any atom is 0.407 e. The van der Waals surface area contributed by atoms with Gasteiger partial charge in [0.05, 0.1) is 6.54 Å². The smallest absolute Gasteiger partial charge is 0.407 e. The summed E-state index contributed by atoms with van der Waals surface area (Å²) in [7, 11) is 1.67. The molecule has 0 bridgehead atoms. The zero-order chi connectivity index (χ0) is 13.9. The molecule has 100 valence electrons. The lowest BCUT2D eigenvalue weighted by Crippen LogP contribution is -2.33. The third-order valence-corrected chi connectivity index (χ3v) is 2.13. The van der Waals surface area contributed by atoms with Crippen LogP contribution < -0.4 is 10.7 Å². The number of nitrogens with zero attached hydrogens (tertiary/aromatic N) is 1. The van der Waals surface area contributed by atoms with E-state index in [-0.39, 0.29) is 12.3 Å². The van der Waals surface area contributed by atoms with Crippen LogP contribution in [0.25, 0.3) is 0 Å². The Labute approximate surface area is 105 Å². The van der Waals surface area contributed by atoms with Gasteiger partial charge in [0.15, 0.2) is 5.75 Å². The summed E-state index contributed by atoms with van der Waals surface area (Å²) in [5.41, 5.74) is -0.469. The van der Waals surface area contributed by atoms with Gasteiger partial charge in [-0.3, -0.25) is 4.79 Å². The van der Waals surface area contributed by atoms with Gasteiger partial charge in [-0.1, -0.05) is 0 Å². The van der Waals surface area contributed by atoms with Gasteiger partial charge >= 0.3 is 6.09 Å². The van der Waals surface area contributed by atoms with Crippen molar-refractivity contribution in [3.05, 3.63) is 28.2 Å². The molecular formula is C12H18N2O4. The summed E-state index contributed by atoms with van der Waals surface area (Å²) in [6.07, 6.45) is 0.747. The Hall–Kier alpha value is -1.98. The minimum absolute atomic E-state index is 0.154. The number of aryl methyl sites for hydroxylation is 1. The fourth-order valence-corrected chi connectivity index (χ4v) is 1.31. The highest BCUT2D eigenvalue weighted by atomic mass is 16.6. The number of hydrogen-bond acceptors (Lipinski definition) is 4. The topological polar surface area (TPSA) is 80.6 Å². The lowest BCUT2D eigenvalue weighted by atomic mass is 10.2. The zero-order valence-corrected chi connectivity index (χ0v) is 11.0. The second-order valence-corrected chi connectivity index (χ2v) is 4.98. The number of alkyl carbamates (subject to hydrolysis) is 1. The van der Waals surface area contributed by atoms with Crippen molar-refractivity contribution in [3.8, 4) is 5.75 Å². The zero-order valence-electron chi connectivity index (χ0n) is 11.0. The molecule has 0 spiro atoms. The lowest BCUT2D eigenvalue weighted by Gasteiger charge is -2.20. The number of nitrogens with one attached hydrogen (secondary N) is 1. The van der Waals surface area contributed by atoms with Crippen molar-refractivity contribution >= 4 is 6.09 Å². The van der Waals surface area contributed by atoms with E-state index < -0.39 is 17.1 Å². The van der Waals surface area contributed by atoms with Crippen LogP contribution in [0.4, 0.5) is 4.79 Å². The quantitative estimate of drug-likeness (QED) is 0.828. The van der Waals surface area contributed by atoms with Crippen LogP contribution in [-0.4, -0.2) is 21.4 Å². The van der Waals surface area contributed by atoms with Crippen molar-refractivity contribution in [1.29, 1.82) is 0 Å². The van der Waals surface area contributed by atoms with Crippen LogP contribution in [0.3, 0.4) is 0 Å². The van der Waals surface area contributed by atoms with Crippen LogP contribution in [0, 0.1) is 0 Å². The molecule has 0 unspecified atom stereocenters. The third-order valence-electron chi connectivity index (χ3n) is 2.13. The van der Waals surface area contributed by atoms with Crippen LogP contribution in [0.5, 0.6) is 5.75 Å². The number of carbonyl (C=O) groups is 1. The molecule has 0 aromatic carbocycles. The highest BCUT2D eigenvalue weighted by molar-refractivity contribution is 5.67. The Kier molecular flexibility index (Phi) is 4.00. The number of aromatic hydroxyl groups is 1. The van der Waals surface area contributed by atoms with Gasteiger partial charge in [0, 0.05) is 25.0 Å². The molecule has 0 radical (unpaired) electrons. The van der Waals surface area contributed by atoms with Gasteiger partial charge < -0.3 is 19.7 Å². The van der Waals surface area contributed by atoms with E-state index in [1.807, 2.05) is 0 Å². The maximum atomic E-state index is 11.4. The van der Waals surface area contributed by atoms with Crippen LogP contribution in [0.15, 0.2) is 17.1 Å². The lowest BCUT2D eigenvalue weighted by molar-refractivity contribution is 0.0522. The molecular weight excluding hydrogens is 236 g/mol. The van der Waals surface area contributed by atoms with E-state index in [0.29, 0.717) is 5.69 Å². The van der Waals surface area contributed by atoms with Crippen molar-refractivity contribution in [2.45, 2.75) is 32.9 Å². The Bertz CT molecular complexity index is 500. The number of carbonyl (C=O) groups excluding carboxylic acids is 1. The Morgan fingerprint density at radius 2 is 2.11 bits per heavy atom. The molecule has 1 amide bonds. The first-order chi connectivity index (χ1) is 8.19. The Balaban J connectivity index is 2.67. The maximum absolute atomic E-state index is 11.4. The first-order valence-corrected chi connectivity index (χ1v) is 5.54. The van der Waals surface area contributed by atoms with E-state index in [2.05, 4.69) is 5.32 Å². The van der Waals surface area contributed by atoms with Crippen LogP contribution in [0.1, 0.15) is 26.5 Å². The molecule has 1 heterocycles. The van der Waals surface area contributed by atoms with E-state index in [0.717, 1.165) is 0 Å². The molecule has 6 heteroatoms. The summed E-state index contributed by atoms with van der Waals surface area (Å²) in [6.45, 7) is 5.45. The fraction of sp³-hybridized carbons (Fsp3) is 0.500. The van der Waals surface area contributed by atoms with Crippen molar-refractivity contribution in [2.75, 3.05) is 0 Å². The summed E-state index contributed by atoms with van der Waals surface area (Å²) >= 11 is 0. The van der Waals surface area contributed by atoms with Gasteiger partial charge in [-0.25, -0.2) is 4.79 Å². The largest absolute Gasteiger partial charge is 0.503 e. The van der Waals surface area contributed by atoms with Crippen LogP contribution >= 0.6 is 0 Å². The first-order valence-electron chi connectivity index (χ1n) is 5.54. The minimum atomic E-state index is -0.565. The normalized spacial score (nSPS) is 11.1. The molecule has 18 heavy (non-hydrogen) atoms. The number of ether oxygens (including phenoxy) is 1. The molecule has 1 aromatic rings. The monoisotopic (exact) mass is 254 g/mol. The standard InChI is InChI=1S/C12H18N2O4/c1-12(2,3)18-11(17)13-6-8-5-9(15)10(16)7-14(8)4/h5,7,16H,6H2,1-4H3,(H,13,17). The van der Waals surface area contributed by atoms with Crippen molar-refractivity contribution < 1.29 is 14.6 Å². The van der Waals surface area contributed by atoms with Gasteiger partial charge in [0.25, 0.3) is 0 Å². The first kappa shape index (κ1) is 14.1. The number of hydrogen-bond donors (Lipinski definition) is 2. The molecule has 0 aliphatic rings. The van der Waals surface area contributed by atoms with E-state index >= 15 is 0 Å². The molecule has 2 N–H and O–H groups in total. The van der Waals surface area contributed by atoms with E-state index in [1.165, 1.54) is 12.3 Å². The van der Waals surface area contributed by atoms with Crippen molar-refractivity contribution in [2.24, 2.45) is 7.05 Å². The van der Waals surface area contributed by atoms with Gasteiger partial charge in [-0.05, 0) is 20.8 Å². The summed E-state index contributed by atoms with van der Waals surface area (Å²) in [6, 6.07) is 1.27.